The van der Waals surface area contributed by atoms with Gasteiger partial charge in [0.15, 0.2) is 0 Å². The van der Waals surface area contributed by atoms with Gasteiger partial charge in [-0.15, -0.1) is 0 Å². The van der Waals surface area contributed by atoms with Gasteiger partial charge in [-0.3, -0.25) is 0 Å². The molecule has 2 heteroatoms. The van der Waals surface area contributed by atoms with Gasteiger partial charge >= 0.3 is 0 Å². The Morgan fingerprint density at radius 3 is 2.42 bits per heavy atom. The summed E-state index contributed by atoms with van der Waals surface area (Å²) in [4.78, 5) is 0. The Morgan fingerprint density at radius 1 is 1.25 bits per heavy atom. The highest BCUT2D eigenvalue weighted by molar-refractivity contribution is 5.20. The molecule has 0 aliphatic heterocycles. The molecule has 12 heavy (non-hydrogen) atoms. The van der Waals surface area contributed by atoms with Gasteiger partial charge in [0.05, 0.1) is 19.0 Å². The Kier molecular flexibility index (Phi) is 3.35. The Bertz CT molecular complexity index is 204. The molecule has 1 unspecified atom stereocenters. The lowest BCUT2D eigenvalue weighted by atomic mass is 10.0. The van der Waals surface area contributed by atoms with Crippen molar-refractivity contribution < 1.29 is 9.47 Å². The summed E-state index contributed by atoms with van der Waals surface area (Å²) in [5.41, 5.74) is 1.35. The van der Waals surface area contributed by atoms with Gasteiger partial charge in [0.25, 0.3) is 0 Å². The SMILES string of the molecule is COC1=CCC(C(C)OC)=CC1. The van der Waals surface area contributed by atoms with Crippen molar-refractivity contribution in [3.8, 4) is 0 Å². The molecular formula is C10H16O2. The number of methoxy groups -OCH3 is 2. The van der Waals surface area contributed by atoms with Gasteiger partial charge in [-0.05, 0) is 25.0 Å². The van der Waals surface area contributed by atoms with E-state index < -0.39 is 0 Å². The lowest BCUT2D eigenvalue weighted by Crippen LogP contribution is -2.10. The van der Waals surface area contributed by atoms with Crippen molar-refractivity contribution in [3.05, 3.63) is 23.5 Å². The van der Waals surface area contributed by atoms with Crippen LogP contribution in [0.25, 0.3) is 0 Å². The van der Waals surface area contributed by atoms with E-state index in [4.69, 9.17) is 9.47 Å². The average molecular weight is 168 g/mol. The summed E-state index contributed by atoms with van der Waals surface area (Å²) in [6.07, 6.45) is 6.40. The van der Waals surface area contributed by atoms with E-state index in [1.807, 2.05) is 0 Å². The van der Waals surface area contributed by atoms with E-state index in [9.17, 15) is 0 Å². The lowest BCUT2D eigenvalue weighted by molar-refractivity contribution is 0.144. The second kappa shape index (κ2) is 4.31. The topological polar surface area (TPSA) is 18.5 Å². The first kappa shape index (κ1) is 9.33. The molecule has 0 aromatic rings. The van der Waals surface area contributed by atoms with Crippen molar-refractivity contribution in [1.29, 1.82) is 0 Å². The Labute approximate surface area is 73.9 Å². The number of allylic oxidation sites excluding steroid dienone is 2. The Morgan fingerprint density at radius 2 is 2.00 bits per heavy atom. The molecule has 0 spiro atoms. The number of rotatable bonds is 3. The van der Waals surface area contributed by atoms with Gasteiger partial charge in [0, 0.05) is 13.5 Å². The highest BCUT2D eigenvalue weighted by Gasteiger charge is 2.10. The number of ether oxygens (including phenoxy) is 2. The molecule has 1 aliphatic rings. The van der Waals surface area contributed by atoms with Crippen LogP contribution >= 0.6 is 0 Å². The van der Waals surface area contributed by atoms with E-state index in [2.05, 4.69) is 19.1 Å². The van der Waals surface area contributed by atoms with E-state index in [1.165, 1.54) is 5.57 Å². The Balaban J connectivity index is 2.49. The maximum absolute atomic E-state index is 5.22. The third kappa shape index (κ3) is 2.11. The third-order valence-corrected chi connectivity index (χ3v) is 2.27. The second-order valence-corrected chi connectivity index (χ2v) is 2.94. The largest absolute Gasteiger partial charge is 0.501 e. The van der Waals surface area contributed by atoms with Crippen molar-refractivity contribution >= 4 is 0 Å². The molecule has 0 N–H and O–H groups in total. The van der Waals surface area contributed by atoms with Gasteiger partial charge in [-0.1, -0.05) is 6.08 Å². The summed E-state index contributed by atoms with van der Waals surface area (Å²) < 4.78 is 10.3. The molecule has 0 heterocycles. The van der Waals surface area contributed by atoms with Crippen molar-refractivity contribution in [3.63, 3.8) is 0 Å². The molecule has 0 aromatic carbocycles. The lowest BCUT2D eigenvalue weighted by Gasteiger charge is -2.17. The summed E-state index contributed by atoms with van der Waals surface area (Å²) in [5, 5.41) is 0. The minimum atomic E-state index is 0.236. The Hall–Kier alpha value is -0.760. The molecule has 0 aromatic heterocycles. The highest BCUT2D eigenvalue weighted by Crippen LogP contribution is 2.21. The standard InChI is InChI=1S/C10H16O2/c1-8(11-2)9-4-6-10(12-3)7-5-9/h4,7-8H,5-6H2,1-3H3. The molecule has 0 radical (unpaired) electrons. The zero-order valence-electron chi connectivity index (χ0n) is 7.96. The van der Waals surface area contributed by atoms with Gasteiger partial charge in [0.1, 0.15) is 0 Å². The fourth-order valence-electron chi connectivity index (χ4n) is 1.28. The molecule has 1 aliphatic carbocycles. The second-order valence-electron chi connectivity index (χ2n) is 2.94. The fourth-order valence-corrected chi connectivity index (χ4v) is 1.28. The van der Waals surface area contributed by atoms with Crippen LogP contribution in [0.5, 0.6) is 0 Å². The van der Waals surface area contributed by atoms with E-state index in [-0.39, 0.29) is 6.10 Å². The number of hydrogen-bond donors (Lipinski definition) is 0. The first-order valence-electron chi connectivity index (χ1n) is 4.22. The minimum absolute atomic E-state index is 0.236. The first-order chi connectivity index (χ1) is 5.77. The monoisotopic (exact) mass is 168 g/mol. The minimum Gasteiger partial charge on any atom is -0.501 e. The molecule has 0 bridgehead atoms. The van der Waals surface area contributed by atoms with Gasteiger partial charge < -0.3 is 9.47 Å². The zero-order chi connectivity index (χ0) is 8.97. The zero-order valence-corrected chi connectivity index (χ0v) is 7.96. The van der Waals surface area contributed by atoms with Crippen LogP contribution < -0.4 is 0 Å². The van der Waals surface area contributed by atoms with Gasteiger partial charge in [-0.2, -0.15) is 0 Å². The van der Waals surface area contributed by atoms with Crippen LogP contribution in [0, 0.1) is 0 Å². The number of hydrogen-bond acceptors (Lipinski definition) is 2. The van der Waals surface area contributed by atoms with Gasteiger partial charge in [0.2, 0.25) is 0 Å². The fraction of sp³-hybridized carbons (Fsp3) is 0.600. The van der Waals surface area contributed by atoms with Crippen molar-refractivity contribution in [2.24, 2.45) is 0 Å². The quantitative estimate of drug-likeness (QED) is 0.602. The van der Waals surface area contributed by atoms with Crippen molar-refractivity contribution in [1.82, 2.24) is 0 Å². The van der Waals surface area contributed by atoms with Crippen molar-refractivity contribution in [2.45, 2.75) is 25.9 Å². The maximum atomic E-state index is 5.22. The predicted molar refractivity (Wildman–Crippen MR) is 48.9 cm³/mol. The average Bonchev–Trinajstić information content (AvgIpc) is 2.17. The van der Waals surface area contributed by atoms with Crippen molar-refractivity contribution in [2.75, 3.05) is 14.2 Å². The van der Waals surface area contributed by atoms with Crippen LogP contribution in [0.15, 0.2) is 23.5 Å². The predicted octanol–water partition coefficient (Wildman–Crippen LogP) is 2.27. The summed E-state index contributed by atoms with van der Waals surface area (Å²) in [7, 11) is 3.45. The molecule has 1 atom stereocenters. The maximum Gasteiger partial charge on any atom is 0.0956 e. The smallest absolute Gasteiger partial charge is 0.0956 e. The normalized spacial score (nSPS) is 19.6. The summed E-state index contributed by atoms with van der Waals surface area (Å²) in [6, 6.07) is 0. The summed E-state index contributed by atoms with van der Waals surface area (Å²) in [5.74, 6) is 1.06. The molecule has 2 nitrogen and oxygen atoms in total. The summed E-state index contributed by atoms with van der Waals surface area (Å²) in [6.45, 7) is 2.07. The van der Waals surface area contributed by atoms with Gasteiger partial charge in [-0.25, -0.2) is 0 Å². The molecule has 68 valence electrons. The van der Waals surface area contributed by atoms with Crippen LogP contribution in [0.3, 0.4) is 0 Å². The third-order valence-electron chi connectivity index (χ3n) is 2.27. The molecule has 0 saturated carbocycles. The highest BCUT2D eigenvalue weighted by atomic mass is 16.5. The van der Waals surface area contributed by atoms with Crippen LogP contribution in [-0.4, -0.2) is 20.3 Å². The van der Waals surface area contributed by atoms with Crippen LogP contribution in [0.1, 0.15) is 19.8 Å². The molecule has 0 fully saturated rings. The first-order valence-corrected chi connectivity index (χ1v) is 4.22. The van der Waals surface area contributed by atoms with E-state index in [1.54, 1.807) is 14.2 Å². The van der Waals surface area contributed by atoms with E-state index in [0.29, 0.717) is 0 Å². The molecule has 0 saturated heterocycles. The van der Waals surface area contributed by atoms with Crippen LogP contribution in [-0.2, 0) is 9.47 Å². The van der Waals surface area contributed by atoms with Crippen LogP contribution in [0.4, 0.5) is 0 Å². The van der Waals surface area contributed by atoms with E-state index >= 15 is 0 Å². The molecular weight excluding hydrogens is 152 g/mol. The van der Waals surface area contributed by atoms with E-state index in [0.717, 1.165) is 18.6 Å². The van der Waals surface area contributed by atoms with Crippen LogP contribution in [0.2, 0.25) is 0 Å². The molecule has 0 amide bonds. The molecule has 1 rings (SSSR count). The summed E-state index contributed by atoms with van der Waals surface area (Å²) >= 11 is 0.